The van der Waals surface area contributed by atoms with Gasteiger partial charge in [0.15, 0.2) is 5.69 Å². The van der Waals surface area contributed by atoms with E-state index in [0.717, 1.165) is 18.6 Å². The summed E-state index contributed by atoms with van der Waals surface area (Å²) in [5, 5.41) is 8.92. The van der Waals surface area contributed by atoms with E-state index in [-0.39, 0.29) is 11.8 Å². The summed E-state index contributed by atoms with van der Waals surface area (Å²) >= 11 is 0. The highest BCUT2D eigenvalue weighted by Crippen LogP contribution is 2.29. The van der Waals surface area contributed by atoms with Gasteiger partial charge in [0.25, 0.3) is 0 Å². The van der Waals surface area contributed by atoms with Gasteiger partial charge in [-0.25, -0.2) is 9.78 Å². The third kappa shape index (κ3) is 1.29. The van der Waals surface area contributed by atoms with Gasteiger partial charge in [-0.15, -0.1) is 0 Å². The number of nitrogens with zero attached hydrogens (tertiary/aromatic N) is 2. The number of carbonyl (C=O) groups is 1. The first-order valence-electron chi connectivity index (χ1n) is 5.07. The number of hydrogen-bond acceptors (Lipinski definition) is 3. The molecule has 0 spiro atoms. The fourth-order valence-electron chi connectivity index (χ4n) is 1.85. The molecule has 0 aromatic carbocycles. The predicted molar refractivity (Wildman–Crippen MR) is 55.5 cm³/mol. The molecule has 0 saturated carbocycles. The summed E-state index contributed by atoms with van der Waals surface area (Å²) in [6, 6.07) is 3.75. The van der Waals surface area contributed by atoms with Gasteiger partial charge in [0.05, 0.1) is 18.9 Å². The van der Waals surface area contributed by atoms with Crippen LogP contribution in [0, 0.1) is 0 Å². The van der Waals surface area contributed by atoms with Crippen molar-refractivity contribution >= 4 is 11.6 Å². The molecule has 0 amide bonds. The number of pyridine rings is 1. The second kappa shape index (κ2) is 3.31. The molecule has 0 aliphatic carbocycles. The van der Waals surface area contributed by atoms with Crippen molar-refractivity contribution < 1.29 is 14.6 Å². The zero-order valence-electron chi connectivity index (χ0n) is 8.46. The quantitative estimate of drug-likeness (QED) is 0.829. The maximum atomic E-state index is 10.9. The van der Waals surface area contributed by atoms with Gasteiger partial charge in [-0.2, -0.15) is 0 Å². The van der Waals surface area contributed by atoms with Crippen molar-refractivity contribution in [3.05, 3.63) is 35.8 Å². The van der Waals surface area contributed by atoms with Crippen LogP contribution in [0.5, 0.6) is 0 Å². The van der Waals surface area contributed by atoms with Crippen LogP contribution in [0.1, 0.15) is 28.6 Å². The summed E-state index contributed by atoms with van der Waals surface area (Å²) in [6.07, 6.45) is 4.25. The monoisotopic (exact) mass is 218 g/mol. The van der Waals surface area contributed by atoms with Crippen molar-refractivity contribution in [1.29, 1.82) is 0 Å². The summed E-state index contributed by atoms with van der Waals surface area (Å²) in [4.78, 5) is 14.9. The lowest BCUT2D eigenvalue weighted by atomic mass is 10.1. The van der Waals surface area contributed by atoms with Gasteiger partial charge in [-0.1, -0.05) is 0 Å². The number of hydrogen-bond donors (Lipinski definition) is 1. The Kier molecular flexibility index (Phi) is 1.94. The smallest absolute Gasteiger partial charge is 0.354 e. The van der Waals surface area contributed by atoms with E-state index in [1.54, 1.807) is 10.6 Å². The number of fused-ring (bicyclic) bond motifs is 1. The minimum absolute atomic E-state index is 0.148. The lowest BCUT2D eigenvalue weighted by Crippen LogP contribution is -2.18. The zero-order valence-corrected chi connectivity index (χ0v) is 8.46. The summed E-state index contributed by atoms with van der Waals surface area (Å²) in [6.45, 7) is 0.796. The molecule has 1 atom stereocenters. The lowest BCUT2D eigenvalue weighted by molar-refractivity contribution is -0.0527. The molecule has 1 N–H and O–H groups in total. The molecule has 5 heteroatoms. The van der Waals surface area contributed by atoms with Gasteiger partial charge in [0.2, 0.25) is 0 Å². The fraction of sp³-hybridized carbons (Fsp3) is 0.273. The number of carboxylic acid groups (broad SMARTS) is 1. The van der Waals surface area contributed by atoms with Gasteiger partial charge in [0, 0.05) is 12.6 Å². The molecule has 3 rings (SSSR count). The molecule has 1 saturated heterocycles. The van der Waals surface area contributed by atoms with Crippen molar-refractivity contribution in [2.75, 3.05) is 6.61 Å². The summed E-state index contributed by atoms with van der Waals surface area (Å²) in [5.41, 5.74) is 1.88. The molecule has 2 aromatic heterocycles. The van der Waals surface area contributed by atoms with Crippen LogP contribution in [-0.4, -0.2) is 27.1 Å². The van der Waals surface area contributed by atoms with Crippen molar-refractivity contribution in [1.82, 2.24) is 9.38 Å². The molecule has 3 heterocycles. The lowest BCUT2D eigenvalue weighted by Gasteiger charge is -2.26. The van der Waals surface area contributed by atoms with Crippen LogP contribution in [0.25, 0.3) is 5.65 Å². The molecule has 1 aliphatic rings. The Hall–Kier alpha value is -1.88. The molecule has 1 aliphatic heterocycles. The molecular formula is C11H10N2O3. The average Bonchev–Trinajstić information content (AvgIpc) is 2.57. The first kappa shape index (κ1) is 9.35. The van der Waals surface area contributed by atoms with Crippen LogP contribution in [0.2, 0.25) is 0 Å². The zero-order chi connectivity index (χ0) is 11.1. The highest BCUT2D eigenvalue weighted by molar-refractivity contribution is 5.86. The van der Waals surface area contributed by atoms with E-state index < -0.39 is 5.97 Å². The standard InChI is InChI=1S/C11H10N2O3/c14-11(15)8-6-12-10-5-7(1-3-13(8)10)9-2-4-16-9/h1,3,5-6,9H,2,4H2,(H,14,15). The van der Waals surface area contributed by atoms with E-state index in [9.17, 15) is 4.79 Å². The number of imidazole rings is 1. The maximum absolute atomic E-state index is 10.9. The summed E-state index contributed by atoms with van der Waals surface area (Å²) in [7, 11) is 0. The maximum Gasteiger partial charge on any atom is 0.354 e. The molecule has 0 radical (unpaired) electrons. The third-order valence-corrected chi connectivity index (χ3v) is 2.83. The first-order valence-corrected chi connectivity index (χ1v) is 5.07. The van der Waals surface area contributed by atoms with Crippen molar-refractivity contribution in [3.63, 3.8) is 0 Å². The normalized spacial score (nSPS) is 19.6. The molecule has 1 fully saturated rings. The van der Waals surface area contributed by atoms with Crippen LogP contribution in [0.3, 0.4) is 0 Å². The number of ether oxygens (including phenoxy) is 1. The average molecular weight is 218 g/mol. The Morgan fingerprint density at radius 1 is 1.62 bits per heavy atom. The Morgan fingerprint density at radius 2 is 2.44 bits per heavy atom. The summed E-state index contributed by atoms with van der Waals surface area (Å²) < 4.78 is 6.93. The number of rotatable bonds is 2. The summed E-state index contributed by atoms with van der Waals surface area (Å²) in [5.74, 6) is -0.972. The topological polar surface area (TPSA) is 63.8 Å². The van der Waals surface area contributed by atoms with Crippen molar-refractivity contribution in [2.45, 2.75) is 12.5 Å². The van der Waals surface area contributed by atoms with E-state index in [1.807, 2.05) is 12.1 Å². The highest BCUT2D eigenvalue weighted by Gasteiger charge is 2.21. The van der Waals surface area contributed by atoms with Gasteiger partial charge >= 0.3 is 5.97 Å². The molecule has 1 unspecified atom stereocenters. The molecule has 5 nitrogen and oxygen atoms in total. The van der Waals surface area contributed by atoms with E-state index >= 15 is 0 Å². The van der Waals surface area contributed by atoms with Gasteiger partial charge in [-0.3, -0.25) is 4.40 Å². The van der Waals surface area contributed by atoms with Gasteiger partial charge in [0.1, 0.15) is 5.65 Å². The molecule has 82 valence electrons. The Morgan fingerprint density at radius 3 is 3.06 bits per heavy atom. The van der Waals surface area contributed by atoms with Crippen molar-refractivity contribution in [2.24, 2.45) is 0 Å². The highest BCUT2D eigenvalue weighted by atomic mass is 16.5. The Labute approximate surface area is 91.3 Å². The largest absolute Gasteiger partial charge is 0.477 e. The number of aromatic carboxylic acids is 1. The van der Waals surface area contributed by atoms with E-state index in [4.69, 9.17) is 9.84 Å². The minimum Gasteiger partial charge on any atom is -0.477 e. The number of aromatic nitrogens is 2. The first-order chi connectivity index (χ1) is 7.75. The van der Waals surface area contributed by atoms with Crippen LogP contribution in [0.15, 0.2) is 24.5 Å². The Balaban J connectivity index is 2.09. The van der Waals surface area contributed by atoms with Crippen LogP contribution in [0.4, 0.5) is 0 Å². The van der Waals surface area contributed by atoms with Crippen LogP contribution < -0.4 is 0 Å². The van der Waals surface area contributed by atoms with Gasteiger partial charge < -0.3 is 9.84 Å². The SMILES string of the molecule is O=C(O)c1cnc2cc(C3CCO3)ccn12. The number of carboxylic acids is 1. The molecular weight excluding hydrogens is 208 g/mol. The molecule has 0 bridgehead atoms. The third-order valence-electron chi connectivity index (χ3n) is 2.83. The minimum atomic E-state index is -0.972. The molecule has 16 heavy (non-hydrogen) atoms. The second-order valence-corrected chi connectivity index (χ2v) is 3.78. The van der Waals surface area contributed by atoms with E-state index in [1.165, 1.54) is 6.20 Å². The molecule has 2 aromatic rings. The van der Waals surface area contributed by atoms with E-state index in [2.05, 4.69) is 4.98 Å². The predicted octanol–water partition coefficient (Wildman–Crippen LogP) is 1.49. The fourth-order valence-corrected chi connectivity index (χ4v) is 1.85. The van der Waals surface area contributed by atoms with Gasteiger partial charge in [-0.05, 0) is 17.7 Å². The van der Waals surface area contributed by atoms with E-state index in [0.29, 0.717) is 5.65 Å². The second-order valence-electron chi connectivity index (χ2n) is 3.78. The van der Waals surface area contributed by atoms with Crippen LogP contribution in [-0.2, 0) is 4.74 Å². The Bertz CT molecular complexity index is 557. The van der Waals surface area contributed by atoms with Crippen molar-refractivity contribution in [3.8, 4) is 0 Å². The van der Waals surface area contributed by atoms with Crippen LogP contribution >= 0.6 is 0 Å².